The molecular weight excluding hydrogens is 338 g/mol. The molecule has 2 heterocycles. The first kappa shape index (κ1) is 18.2. The maximum atomic E-state index is 12.7. The molecule has 1 saturated heterocycles. The van der Waals surface area contributed by atoms with Crippen LogP contribution in [0.1, 0.15) is 31.2 Å². The minimum atomic E-state index is -3.48. The summed E-state index contributed by atoms with van der Waals surface area (Å²) in [5, 5.41) is 2.82. The van der Waals surface area contributed by atoms with Crippen LogP contribution < -0.4 is 11.1 Å². The first-order valence-electron chi connectivity index (χ1n) is 7.65. The molecule has 2 aliphatic rings. The monoisotopic (exact) mass is 359 g/mol. The molecule has 0 atom stereocenters. The summed E-state index contributed by atoms with van der Waals surface area (Å²) in [6.07, 6.45) is 3.31. The summed E-state index contributed by atoms with van der Waals surface area (Å²) in [5.74, 6) is -0.0145. The number of carbonyl (C=O) groups is 1. The smallest absolute Gasteiger partial charge is 0.243 e. The van der Waals surface area contributed by atoms with Crippen LogP contribution in [0.4, 0.5) is 5.69 Å². The molecule has 0 bridgehead atoms. The van der Waals surface area contributed by atoms with Gasteiger partial charge in [-0.05, 0) is 49.4 Å². The third-order valence-electron chi connectivity index (χ3n) is 4.34. The molecule has 1 aromatic carbocycles. The van der Waals surface area contributed by atoms with E-state index in [9.17, 15) is 13.2 Å². The van der Waals surface area contributed by atoms with Gasteiger partial charge in [0.2, 0.25) is 15.9 Å². The summed E-state index contributed by atoms with van der Waals surface area (Å²) in [7, 11) is -3.48. The average Bonchev–Trinajstić information content (AvgIpc) is 2.67. The molecule has 0 saturated carbocycles. The van der Waals surface area contributed by atoms with Gasteiger partial charge >= 0.3 is 0 Å². The number of sulfonamides is 1. The molecule has 1 fully saturated rings. The van der Waals surface area contributed by atoms with Crippen LogP contribution in [0.5, 0.6) is 0 Å². The highest BCUT2D eigenvalue weighted by Gasteiger charge is 2.29. The number of nitrogens with zero attached hydrogens (tertiary/aromatic N) is 1. The van der Waals surface area contributed by atoms with Gasteiger partial charge in [-0.2, -0.15) is 4.31 Å². The number of nitrogens with one attached hydrogen (secondary N) is 1. The zero-order valence-corrected chi connectivity index (χ0v) is 14.5. The van der Waals surface area contributed by atoms with Crippen LogP contribution >= 0.6 is 12.4 Å². The lowest BCUT2D eigenvalue weighted by atomic mass is 10.1. The molecule has 3 rings (SSSR count). The van der Waals surface area contributed by atoms with E-state index in [4.69, 9.17) is 5.73 Å². The second-order valence-electron chi connectivity index (χ2n) is 5.96. The van der Waals surface area contributed by atoms with E-state index in [2.05, 4.69) is 5.32 Å². The highest BCUT2D eigenvalue weighted by molar-refractivity contribution is 7.89. The Balaban J connectivity index is 0.00000192. The van der Waals surface area contributed by atoms with Crippen LogP contribution in [0.3, 0.4) is 0 Å². The third kappa shape index (κ3) is 3.85. The van der Waals surface area contributed by atoms with E-state index in [1.165, 1.54) is 4.31 Å². The standard InChI is InChI=1S/C15H21N3O3S.ClH/c16-12-6-8-18(9-7-12)22(20,21)13-4-5-14-11(10-13)2-1-3-15(19)17-14;/h4-5,10,12H,1-3,6-9,16H2,(H,17,19);1H. The van der Waals surface area contributed by atoms with E-state index in [1.807, 2.05) is 0 Å². The molecule has 1 aromatic rings. The molecule has 0 spiro atoms. The Morgan fingerprint density at radius 1 is 1.17 bits per heavy atom. The average molecular weight is 360 g/mol. The molecule has 1 amide bonds. The lowest BCUT2D eigenvalue weighted by molar-refractivity contribution is -0.116. The van der Waals surface area contributed by atoms with Gasteiger partial charge in [0.25, 0.3) is 0 Å². The number of benzene rings is 1. The van der Waals surface area contributed by atoms with Gasteiger partial charge in [-0.1, -0.05) is 0 Å². The van der Waals surface area contributed by atoms with Crippen molar-refractivity contribution in [3.05, 3.63) is 23.8 Å². The van der Waals surface area contributed by atoms with Gasteiger partial charge in [0.05, 0.1) is 4.90 Å². The Labute approximate surface area is 142 Å². The quantitative estimate of drug-likeness (QED) is 0.836. The van der Waals surface area contributed by atoms with Crippen molar-refractivity contribution in [1.82, 2.24) is 4.31 Å². The number of hydrogen-bond donors (Lipinski definition) is 2. The van der Waals surface area contributed by atoms with E-state index >= 15 is 0 Å². The molecule has 2 aliphatic heterocycles. The zero-order valence-electron chi connectivity index (χ0n) is 12.8. The van der Waals surface area contributed by atoms with Crippen molar-refractivity contribution in [3.63, 3.8) is 0 Å². The van der Waals surface area contributed by atoms with E-state index in [1.54, 1.807) is 18.2 Å². The van der Waals surface area contributed by atoms with Crippen molar-refractivity contribution in [2.45, 2.75) is 43.0 Å². The first-order valence-corrected chi connectivity index (χ1v) is 9.09. The summed E-state index contributed by atoms with van der Waals surface area (Å²) < 4.78 is 27.0. The molecule has 8 heteroatoms. The number of fused-ring (bicyclic) bond motifs is 1. The van der Waals surface area contributed by atoms with Crippen molar-refractivity contribution < 1.29 is 13.2 Å². The van der Waals surface area contributed by atoms with Gasteiger partial charge in [0.15, 0.2) is 0 Å². The predicted molar refractivity (Wildman–Crippen MR) is 91.2 cm³/mol. The van der Waals surface area contributed by atoms with Crippen LogP contribution in [0.25, 0.3) is 0 Å². The van der Waals surface area contributed by atoms with E-state index in [-0.39, 0.29) is 24.4 Å². The lowest BCUT2D eigenvalue weighted by Gasteiger charge is -2.29. The molecule has 0 radical (unpaired) electrons. The number of piperidine rings is 1. The van der Waals surface area contributed by atoms with Gasteiger partial charge in [-0.25, -0.2) is 8.42 Å². The number of aryl methyl sites for hydroxylation is 1. The Kier molecular flexibility index (Phi) is 5.67. The van der Waals surface area contributed by atoms with Crippen molar-refractivity contribution in [2.24, 2.45) is 5.73 Å². The maximum Gasteiger partial charge on any atom is 0.243 e. The molecule has 0 aromatic heterocycles. The largest absolute Gasteiger partial charge is 0.328 e. The van der Waals surface area contributed by atoms with Crippen LogP contribution in [-0.4, -0.2) is 37.8 Å². The fraction of sp³-hybridized carbons (Fsp3) is 0.533. The molecule has 6 nitrogen and oxygen atoms in total. The zero-order chi connectivity index (χ0) is 15.7. The molecule has 0 unspecified atom stereocenters. The molecule has 128 valence electrons. The Hall–Kier alpha value is -1.15. The Morgan fingerprint density at radius 3 is 2.57 bits per heavy atom. The molecule has 23 heavy (non-hydrogen) atoms. The predicted octanol–water partition coefficient (Wildman–Crippen LogP) is 1.49. The highest BCUT2D eigenvalue weighted by Crippen LogP contribution is 2.27. The van der Waals surface area contributed by atoms with Crippen LogP contribution in [0.15, 0.2) is 23.1 Å². The summed E-state index contributed by atoms with van der Waals surface area (Å²) in [6.45, 7) is 0.939. The van der Waals surface area contributed by atoms with Crippen LogP contribution in [-0.2, 0) is 21.2 Å². The summed E-state index contributed by atoms with van der Waals surface area (Å²) >= 11 is 0. The number of hydrogen-bond acceptors (Lipinski definition) is 4. The van der Waals surface area contributed by atoms with Crippen LogP contribution in [0, 0.1) is 0 Å². The van der Waals surface area contributed by atoms with Crippen molar-refractivity contribution in [1.29, 1.82) is 0 Å². The maximum absolute atomic E-state index is 12.7. The van der Waals surface area contributed by atoms with E-state index in [0.29, 0.717) is 43.7 Å². The van der Waals surface area contributed by atoms with Gasteiger partial charge in [0, 0.05) is 31.2 Å². The third-order valence-corrected chi connectivity index (χ3v) is 6.23. The SMILES string of the molecule is Cl.NC1CCN(S(=O)(=O)c2ccc3c(c2)CCCC(=O)N3)CC1. The van der Waals surface area contributed by atoms with Crippen LogP contribution in [0.2, 0.25) is 0 Å². The number of rotatable bonds is 2. The van der Waals surface area contributed by atoms with Gasteiger partial charge in [0.1, 0.15) is 0 Å². The number of nitrogens with two attached hydrogens (primary N) is 1. The Bertz CT molecular complexity index is 685. The summed E-state index contributed by atoms with van der Waals surface area (Å²) in [6, 6.07) is 5.06. The second-order valence-corrected chi connectivity index (χ2v) is 7.90. The van der Waals surface area contributed by atoms with E-state index in [0.717, 1.165) is 17.7 Å². The second kappa shape index (κ2) is 7.17. The summed E-state index contributed by atoms with van der Waals surface area (Å²) in [5.41, 5.74) is 7.45. The summed E-state index contributed by atoms with van der Waals surface area (Å²) in [4.78, 5) is 11.9. The lowest BCUT2D eigenvalue weighted by Crippen LogP contribution is -2.42. The Morgan fingerprint density at radius 2 is 1.87 bits per heavy atom. The minimum absolute atomic E-state index is 0. The van der Waals surface area contributed by atoms with Gasteiger partial charge in [-0.15, -0.1) is 12.4 Å². The number of amides is 1. The number of carbonyl (C=O) groups excluding carboxylic acids is 1. The van der Waals surface area contributed by atoms with Crippen molar-refractivity contribution in [2.75, 3.05) is 18.4 Å². The molecular formula is C15H22ClN3O3S. The van der Waals surface area contributed by atoms with Crippen molar-refractivity contribution in [3.8, 4) is 0 Å². The van der Waals surface area contributed by atoms with Crippen molar-refractivity contribution >= 4 is 34.0 Å². The fourth-order valence-corrected chi connectivity index (χ4v) is 4.50. The number of halogens is 1. The van der Waals surface area contributed by atoms with E-state index < -0.39 is 10.0 Å². The van der Waals surface area contributed by atoms with Gasteiger partial charge in [-0.3, -0.25) is 4.79 Å². The normalized spacial score (nSPS) is 20.1. The molecule has 0 aliphatic carbocycles. The van der Waals surface area contributed by atoms with Gasteiger partial charge < -0.3 is 11.1 Å². The first-order chi connectivity index (χ1) is 10.5. The topological polar surface area (TPSA) is 92.5 Å². The number of anilines is 1. The fourth-order valence-electron chi connectivity index (χ4n) is 2.98. The highest BCUT2D eigenvalue weighted by atomic mass is 35.5. The minimum Gasteiger partial charge on any atom is -0.328 e. The molecule has 3 N–H and O–H groups in total.